The number of nitrogens with zero attached hydrogens (tertiary/aromatic N) is 2. The zero-order chi connectivity index (χ0) is 27.2. The number of fused-ring (bicyclic) bond motifs is 2. The summed E-state index contributed by atoms with van der Waals surface area (Å²) in [5.74, 6) is -3.80. The Bertz CT molecular complexity index is 1450. The molecular weight excluding hydrogens is 540 g/mol. The molecule has 38 heavy (non-hydrogen) atoms. The number of benzene rings is 2. The largest absolute Gasteiger partial charge is 0.388 e. The lowest BCUT2D eigenvalue weighted by Gasteiger charge is -2.45. The van der Waals surface area contributed by atoms with Gasteiger partial charge in [-0.15, -0.1) is 0 Å². The summed E-state index contributed by atoms with van der Waals surface area (Å²) >= 11 is 6.28. The van der Waals surface area contributed by atoms with Crippen molar-refractivity contribution in [3.05, 3.63) is 77.1 Å². The van der Waals surface area contributed by atoms with Crippen molar-refractivity contribution in [2.24, 2.45) is 11.8 Å². The fourth-order valence-corrected chi connectivity index (χ4v) is 8.29. The second kappa shape index (κ2) is 10.0. The molecular formula is C26H26ClF2N3O5S. The normalized spacial score (nSPS) is 25.8. The van der Waals surface area contributed by atoms with E-state index in [4.69, 9.17) is 11.6 Å². The molecule has 2 aliphatic rings. The molecule has 2 saturated carbocycles. The zero-order valence-corrected chi connectivity index (χ0v) is 21.7. The summed E-state index contributed by atoms with van der Waals surface area (Å²) in [6.45, 7) is 0.0921. The minimum absolute atomic E-state index is 0.00469. The van der Waals surface area contributed by atoms with Crippen molar-refractivity contribution in [2.45, 2.75) is 54.1 Å². The van der Waals surface area contributed by atoms with Crippen molar-refractivity contribution in [2.75, 3.05) is 5.32 Å². The van der Waals surface area contributed by atoms with E-state index in [1.54, 1.807) is 18.5 Å². The highest BCUT2D eigenvalue weighted by atomic mass is 35.5. The van der Waals surface area contributed by atoms with Crippen LogP contribution in [0, 0.1) is 23.5 Å². The van der Waals surface area contributed by atoms with E-state index in [-0.39, 0.29) is 40.6 Å². The molecule has 1 heterocycles. The molecule has 2 bridgehead atoms. The molecule has 2 aliphatic carbocycles. The van der Waals surface area contributed by atoms with E-state index in [0.717, 1.165) is 12.1 Å². The van der Waals surface area contributed by atoms with Crippen LogP contribution in [0.1, 0.15) is 36.0 Å². The number of rotatable bonds is 7. The van der Waals surface area contributed by atoms with E-state index in [1.165, 1.54) is 28.9 Å². The summed E-state index contributed by atoms with van der Waals surface area (Å²) in [6, 6.07) is 8.40. The molecule has 0 aliphatic heterocycles. The third kappa shape index (κ3) is 4.72. The second-order valence-electron chi connectivity index (χ2n) is 9.97. The first-order valence-corrected chi connectivity index (χ1v) is 14.1. The van der Waals surface area contributed by atoms with Crippen LogP contribution in [0.15, 0.2) is 59.8 Å². The lowest BCUT2D eigenvalue weighted by molar-refractivity contribution is -0.147. The number of carbonyl (C=O) groups is 1. The van der Waals surface area contributed by atoms with Crippen molar-refractivity contribution in [3.63, 3.8) is 0 Å². The van der Waals surface area contributed by atoms with Crippen molar-refractivity contribution < 1.29 is 32.2 Å². The van der Waals surface area contributed by atoms with E-state index in [9.17, 15) is 32.2 Å². The van der Waals surface area contributed by atoms with E-state index in [0.29, 0.717) is 12.8 Å². The Kier molecular flexibility index (Phi) is 7.06. The highest BCUT2D eigenvalue weighted by Crippen LogP contribution is 2.53. The van der Waals surface area contributed by atoms with Gasteiger partial charge in [-0.1, -0.05) is 11.6 Å². The van der Waals surface area contributed by atoms with Gasteiger partial charge in [0.05, 0.1) is 27.3 Å². The molecule has 1 aromatic heterocycles. The summed E-state index contributed by atoms with van der Waals surface area (Å²) < 4.78 is 55.7. The number of halogens is 3. The van der Waals surface area contributed by atoms with Crippen LogP contribution in [0.4, 0.5) is 14.5 Å². The minimum Gasteiger partial charge on any atom is -0.388 e. The lowest BCUT2D eigenvalue weighted by atomic mass is 9.71. The number of anilines is 1. The van der Waals surface area contributed by atoms with Crippen molar-refractivity contribution in [3.8, 4) is 0 Å². The van der Waals surface area contributed by atoms with Crippen molar-refractivity contribution in [1.82, 2.24) is 9.78 Å². The van der Waals surface area contributed by atoms with Gasteiger partial charge in [0.1, 0.15) is 6.10 Å². The molecule has 5 rings (SSSR count). The Labute approximate surface area is 223 Å². The van der Waals surface area contributed by atoms with Crippen LogP contribution in [0.3, 0.4) is 0 Å². The van der Waals surface area contributed by atoms with Gasteiger partial charge >= 0.3 is 0 Å². The van der Waals surface area contributed by atoms with Gasteiger partial charge in [-0.3, -0.25) is 9.48 Å². The van der Waals surface area contributed by atoms with E-state index >= 15 is 0 Å². The van der Waals surface area contributed by atoms with Gasteiger partial charge in [0.2, 0.25) is 0 Å². The number of aliphatic hydroxyl groups is 2. The molecule has 1 unspecified atom stereocenters. The second-order valence-corrected chi connectivity index (χ2v) is 12.6. The number of aromatic nitrogens is 2. The van der Waals surface area contributed by atoms with Crippen LogP contribution >= 0.6 is 11.6 Å². The monoisotopic (exact) mass is 565 g/mol. The van der Waals surface area contributed by atoms with E-state index < -0.39 is 56.2 Å². The molecule has 3 N–H and O–H groups in total. The van der Waals surface area contributed by atoms with Crippen LogP contribution < -0.4 is 5.32 Å². The number of sulfone groups is 1. The van der Waals surface area contributed by atoms with Gasteiger partial charge in [-0.2, -0.15) is 5.10 Å². The summed E-state index contributed by atoms with van der Waals surface area (Å²) in [6.07, 6.45) is 3.56. The quantitative estimate of drug-likeness (QED) is 0.400. The highest BCUT2D eigenvalue weighted by Gasteiger charge is 2.59. The number of amides is 1. The first kappa shape index (κ1) is 26.7. The Morgan fingerprint density at radius 1 is 1.16 bits per heavy atom. The molecule has 0 spiro atoms. The molecule has 0 saturated heterocycles. The smallest absolute Gasteiger partial charge is 0.255 e. The van der Waals surface area contributed by atoms with E-state index in [2.05, 4.69) is 10.4 Å². The molecule has 12 heteroatoms. The fourth-order valence-electron chi connectivity index (χ4n) is 5.89. The van der Waals surface area contributed by atoms with Gasteiger partial charge in [0, 0.05) is 29.7 Å². The van der Waals surface area contributed by atoms with Crippen LogP contribution in [0.5, 0.6) is 0 Å². The number of carbonyl (C=O) groups excluding carboxylic acids is 1. The van der Waals surface area contributed by atoms with Gasteiger partial charge in [0.15, 0.2) is 21.5 Å². The topological polar surface area (TPSA) is 122 Å². The van der Waals surface area contributed by atoms with Crippen molar-refractivity contribution in [1.29, 1.82) is 0 Å². The van der Waals surface area contributed by atoms with Gasteiger partial charge in [-0.05, 0) is 73.9 Å². The van der Waals surface area contributed by atoms with Gasteiger partial charge < -0.3 is 15.5 Å². The predicted octanol–water partition coefficient (Wildman–Crippen LogP) is 3.82. The average molecular weight is 566 g/mol. The molecule has 202 valence electrons. The Morgan fingerprint density at radius 2 is 1.87 bits per heavy atom. The number of hydrogen-bond acceptors (Lipinski definition) is 6. The third-order valence-corrected chi connectivity index (χ3v) is 10.5. The predicted molar refractivity (Wildman–Crippen MR) is 135 cm³/mol. The average Bonchev–Trinajstić information content (AvgIpc) is 3.42. The highest BCUT2D eigenvalue weighted by molar-refractivity contribution is 7.92. The fraction of sp³-hybridized carbons (Fsp3) is 0.385. The van der Waals surface area contributed by atoms with Crippen LogP contribution in [0.25, 0.3) is 0 Å². The first-order chi connectivity index (χ1) is 18.0. The molecule has 8 nitrogen and oxygen atoms in total. The standard InChI is InChI=1S/C26H26ClF2N3O5S/c27-20-6-2-15(25(34)31-18-5-7-21(28)22(29)13-18)10-23(20)38(36,37)19-11-16-3-4-17(12-19)26(16,35)24(33)14-32-9-1-8-30-32/h1-2,5-10,13,16-17,19,24,33,35H,3-4,11-12,14H2,(H,31,34)/t16-,17+,19+,24?,26-. The van der Waals surface area contributed by atoms with Crippen LogP contribution in [-0.4, -0.2) is 51.3 Å². The van der Waals surface area contributed by atoms with Gasteiger partial charge in [-0.25, -0.2) is 17.2 Å². The number of aliphatic hydroxyl groups excluding tert-OH is 1. The Morgan fingerprint density at radius 3 is 2.50 bits per heavy atom. The minimum atomic E-state index is -4.02. The maximum absolute atomic E-state index is 13.7. The SMILES string of the molecule is O=C(Nc1ccc(F)c(F)c1)c1ccc(Cl)c(S(=O)(=O)[C@H]2C[C@H]3CC[C@@H](C2)[C@@]3(O)C(O)Cn2cccn2)c1. The summed E-state index contributed by atoms with van der Waals surface area (Å²) in [5.41, 5.74) is -1.46. The maximum atomic E-state index is 13.7. The Balaban J connectivity index is 1.36. The summed E-state index contributed by atoms with van der Waals surface area (Å²) in [7, 11) is -4.02. The molecule has 1 amide bonds. The summed E-state index contributed by atoms with van der Waals surface area (Å²) in [5, 5.41) is 28.0. The van der Waals surface area contributed by atoms with Gasteiger partial charge in [0.25, 0.3) is 5.91 Å². The van der Waals surface area contributed by atoms with Crippen LogP contribution in [-0.2, 0) is 16.4 Å². The van der Waals surface area contributed by atoms with E-state index in [1.807, 2.05) is 0 Å². The molecule has 2 aromatic carbocycles. The lowest BCUT2D eigenvalue weighted by Crippen LogP contribution is -2.56. The van der Waals surface area contributed by atoms with Crippen molar-refractivity contribution >= 4 is 33.0 Å². The number of nitrogens with one attached hydrogen (secondary N) is 1. The zero-order valence-electron chi connectivity index (χ0n) is 20.1. The third-order valence-electron chi connectivity index (χ3n) is 7.84. The molecule has 2 fully saturated rings. The molecule has 0 radical (unpaired) electrons. The summed E-state index contributed by atoms with van der Waals surface area (Å²) in [4.78, 5) is 12.5. The Hall–Kier alpha value is -2.86. The van der Waals surface area contributed by atoms with Crippen LogP contribution in [0.2, 0.25) is 5.02 Å². The maximum Gasteiger partial charge on any atom is 0.255 e. The molecule has 5 atom stereocenters. The first-order valence-electron chi connectivity index (χ1n) is 12.2. The molecule has 3 aromatic rings. The number of hydrogen-bond donors (Lipinski definition) is 3.